The van der Waals surface area contributed by atoms with Crippen LogP contribution < -0.4 is 10.6 Å². The third-order valence-corrected chi connectivity index (χ3v) is 5.30. The lowest BCUT2D eigenvalue weighted by molar-refractivity contribution is 0.249. The number of anilines is 1. The zero-order valence-corrected chi connectivity index (χ0v) is 14.2. The van der Waals surface area contributed by atoms with E-state index in [4.69, 9.17) is 0 Å². The molecule has 2 heterocycles. The normalized spacial score (nSPS) is 18.0. The number of thiophene rings is 1. The van der Waals surface area contributed by atoms with Crippen LogP contribution in [-0.4, -0.2) is 30.6 Å². The van der Waals surface area contributed by atoms with E-state index in [0.717, 1.165) is 38.3 Å². The van der Waals surface area contributed by atoms with Crippen LogP contribution in [-0.2, 0) is 6.54 Å². The summed E-state index contributed by atoms with van der Waals surface area (Å²) in [6.07, 6.45) is 1.15. The maximum absolute atomic E-state index is 11.9. The molecule has 1 aliphatic heterocycles. The van der Waals surface area contributed by atoms with Gasteiger partial charge in [0.15, 0.2) is 0 Å². The SMILES string of the molecule is Cc1ccsc1CN1CCC(CNC(=O)Nc2ccccc2)C1. The van der Waals surface area contributed by atoms with Gasteiger partial charge in [-0.25, -0.2) is 4.79 Å². The molecule has 0 spiro atoms. The second-order valence-electron chi connectivity index (χ2n) is 6.12. The third-order valence-electron chi connectivity index (χ3n) is 4.29. The highest BCUT2D eigenvalue weighted by Gasteiger charge is 2.23. The van der Waals surface area contributed by atoms with Gasteiger partial charge >= 0.3 is 6.03 Å². The Labute approximate surface area is 141 Å². The van der Waals surface area contributed by atoms with Crippen LogP contribution >= 0.6 is 11.3 Å². The highest BCUT2D eigenvalue weighted by molar-refractivity contribution is 7.10. The Morgan fingerprint density at radius 2 is 2.13 bits per heavy atom. The highest BCUT2D eigenvalue weighted by Crippen LogP contribution is 2.22. The third kappa shape index (κ3) is 4.56. The van der Waals surface area contributed by atoms with Gasteiger partial charge < -0.3 is 10.6 Å². The van der Waals surface area contributed by atoms with E-state index in [2.05, 4.69) is 33.9 Å². The largest absolute Gasteiger partial charge is 0.338 e. The topological polar surface area (TPSA) is 44.4 Å². The first-order valence-electron chi connectivity index (χ1n) is 8.06. The Bertz CT molecular complexity index is 641. The average Bonchev–Trinajstić information content (AvgIpc) is 3.16. The number of nitrogens with one attached hydrogen (secondary N) is 2. The van der Waals surface area contributed by atoms with Gasteiger partial charge in [-0.2, -0.15) is 0 Å². The fourth-order valence-corrected chi connectivity index (χ4v) is 3.87. The maximum Gasteiger partial charge on any atom is 0.319 e. The van der Waals surface area contributed by atoms with Crippen LogP contribution in [0.2, 0.25) is 0 Å². The summed E-state index contributed by atoms with van der Waals surface area (Å²) in [5, 5.41) is 8.01. The quantitative estimate of drug-likeness (QED) is 0.878. The van der Waals surface area contributed by atoms with Crippen molar-refractivity contribution in [3.63, 3.8) is 0 Å². The van der Waals surface area contributed by atoms with Crippen molar-refractivity contribution in [3.05, 3.63) is 52.2 Å². The standard InChI is InChI=1S/C18H23N3OS/c1-14-8-10-23-17(14)13-21-9-7-15(12-21)11-19-18(22)20-16-5-3-2-4-6-16/h2-6,8,10,15H,7,9,11-13H2,1H3,(H2,19,20,22). The second-order valence-corrected chi connectivity index (χ2v) is 7.12. The first-order chi connectivity index (χ1) is 11.2. The molecular weight excluding hydrogens is 306 g/mol. The molecule has 0 aliphatic carbocycles. The number of carbonyl (C=O) groups is 1. The maximum atomic E-state index is 11.9. The van der Waals surface area contributed by atoms with Gasteiger partial charge in [0.2, 0.25) is 0 Å². The molecule has 1 aromatic heterocycles. The summed E-state index contributed by atoms with van der Waals surface area (Å²) in [7, 11) is 0. The monoisotopic (exact) mass is 329 g/mol. The zero-order valence-electron chi connectivity index (χ0n) is 13.4. The molecule has 23 heavy (non-hydrogen) atoms. The molecule has 0 radical (unpaired) electrons. The van der Waals surface area contributed by atoms with Crippen LogP contribution in [0.1, 0.15) is 16.9 Å². The minimum Gasteiger partial charge on any atom is -0.338 e. The van der Waals surface area contributed by atoms with E-state index < -0.39 is 0 Å². The van der Waals surface area contributed by atoms with Crippen molar-refractivity contribution >= 4 is 23.1 Å². The Hall–Kier alpha value is -1.85. The lowest BCUT2D eigenvalue weighted by Gasteiger charge is -2.16. The Balaban J connectivity index is 1.40. The molecule has 5 heteroatoms. The van der Waals surface area contributed by atoms with E-state index in [1.807, 2.05) is 41.7 Å². The first-order valence-corrected chi connectivity index (χ1v) is 8.94. The first kappa shape index (κ1) is 16.0. The van der Waals surface area contributed by atoms with Crippen molar-refractivity contribution in [1.29, 1.82) is 0 Å². The number of benzene rings is 1. The van der Waals surface area contributed by atoms with Crippen molar-refractivity contribution in [1.82, 2.24) is 10.2 Å². The zero-order chi connectivity index (χ0) is 16.1. The molecule has 1 unspecified atom stereocenters. The lowest BCUT2D eigenvalue weighted by atomic mass is 10.1. The predicted octanol–water partition coefficient (Wildman–Crippen LogP) is 3.70. The lowest BCUT2D eigenvalue weighted by Crippen LogP contribution is -2.34. The van der Waals surface area contributed by atoms with E-state index in [9.17, 15) is 4.79 Å². The number of amides is 2. The van der Waals surface area contributed by atoms with Gasteiger partial charge in [0.1, 0.15) is 0 Å². The smallest absolute Gasteiger partial charge is 0.319 e. The molecule has 2 amide bonds. The van der Waals surface area contributed by atoms with Gasteiger partial charge in [0, 0.05) is 30.2 Å². The summed E-state index contributed by atoms with van der Waals surface area (Å²) in [6, 6.07) is 11.6. The van der Waals surface area contributed by atoms with E-state index in [0.29, 0.717) is 5.92 Å². The molecule has 3 rings (SSSR count). The predicted molar refractivity (Wildman–Crippen MR) is 95.9 cm³/mol. The Kier molecular flexibility index (Phi) is 5.31. The number of likely N-dealkylation sites (tertiary alicyclic amines) is 1. The fraction of sp³-hybridized carbons (Fsp3) is 0.389. The molecule has 0 saturated carbocycles. The summed E-state index contributed by atoms with van der Waals surface area (Å²) in [6.45, 7) is 6.12. The van der Waals surface area contributed by atoms with Crippen LogP contribution in [0.25, 0.3) is 0 Å². The number of rotatable bonds is 5. The van der Waals surface area contributed by atoms with Crippen LogP contribution in [0.5, 0.6) is 0 Å². The van der Waals surface area contributed by atoms with E-state index in [1.54, 1.807) is 0 Å². The summed E-state index contributed by atoms with van der Waals surface area (Å²) >= 11 is 1.84. The molecule has 1 aromatic carbocycles. The molecule has 0 bridgehead atoms. The van der Waals surface area contributed by atoms with Crippen molar-refractivity contribution in [2.24, 2.45) is 5.92 Å². The summed E-state index contributed by atoms with van der Waals surface area (Å²) in [5.74, 6) is 0.539. The van der Waals surface area contributed by atoms with Crippen molar-refractivity contribution < 1.29 is 4.79 Å². The molecule has 1 fully saturated rings. The molecule has 2 N–H and O–H groups in total. The van der Waals surface area contributed by atoms with Crippen molar-refractivity contribution in [3.8, 4) is 0 Å². The van der Waals surface area contributed by atoms with Crippen LogP contribution in [0, 0.1) is 12.8 Å². The molecule has 1 saturated heterocycles. The Morgan fingerprint density at radius 1 is 1.30 bits per heavy atom. The Morgan fingerprint density at radius 3 is 2.87 bits per heavy atom. The number of hydrogen-bond acceptors (Lipinski definition) is 3. The van der Waals surface area contributed by atoms with Crippen molar-refractivity contribution in [2.45, 2.75) is 19.9 Å². The fourth-order valence-electron chi connectivity index (χ4n) is 2.93. The number of nitrogens with zero attached hydrogens (tertiary/aromatic N) is 1. The van der Waals surface area contributed by atoms with E-state index in [1.165, 1.54) is 10.4 Å². The molecular formula is C18H23N3OS. The van der Waals surface area contributed by atoms with Crippen LogP contribution in [0.4, 0.5) is 10.5 Å². The van der Waals surface area contributed by atoms with Gasteiger partial charge in [0.05, 0.1) is 0 Å². The highest BCUT2D eigenvalue weighted by atomic mass is 32.1. The minimum atomic E-state index is -0.122. The van der Waals surface area contributed by atoms with Crippen LogP contribution in [0.15, 0.2) is 41.8 Å². The minimum absolute atomic E-state index is 0.122. The van der Waals surface area contributed by atoms with Gasteiger partial charge in [0.25, 0.3) is 0 Å². The molecule has 1 atom stereocenters. The summed E-state index contributed by atoms with van der Waals surface area (Å²) < 4.78 is 0. The van der Waals surface area contributed by atoms with E-state index in [-0.39, 0.29) is 6.03 Å². The molecule has 2 aromatic rings. The van der Waals surface area contributed by atoms with Crippen molar-refractivity contribution in [2.75, 3.05) is 25.0 Å². The number of para-hydroxylation sites is 1. The molecule has 4 nitrogen and oxygen atoms in total. The second kappa shape index (κ2) is 7.62. The van der Waals surface area contributed by atoms with Gasteiger partial charge in [-0.15, -0.1) is 11.3 Å². The van der Waals surface area contributed by atoms with E-state index >= 15 is 0 Å². The molecule has 1 aliphatic rings. The molecule has 122 valence electrons. The number of carbonyl (C=O) groups excluding carboxylic acids is 1. The number of aryl methyl sites for hydroxylation is 1. The summed E-state index contributed by atoms with van der Waals surface area (Å²) in [4.78, 5) is 15.9. The average molecular weight is 329 g/mol. The summed E-state index contributed by atoms with van der Waals surface area (Å²) in [5.41, 5.74) is 2.21. The van der Waals surface area contributed by atoms with Gasteiger partial charge in [-0.3, -0.25) is 4.90 Å². The van der Waals surface area contributed by atoms with Crippen LogP contribution in [0.3, 0.4) is 0 Å². The number of hydrogen-bond donors (Lipinski definition) is 2. The van der Waals surface area contributed by atoms with Gasteiger partial charge in [-0.1, -0.05) is 18.2 Å². The number of urea groups is 1. The van der Waals surface area contributed by atoms with Gasteiger partial charge in [-0.05, 0) is 54.9 Å².